The van der Waals surface area contributed by atoms with E-state index in [1.807, 2.05) is 16.9 Å². The van der Waals surface area contributed by atoms with Crippen LogP contribution in [0.1, 0.15) is 25.0 Å². The lowest BCUT2D eigenvalue weighted by molar-refractivity contribution is 0.254. The predicted octanol–water partition coefficient (Wildman–Crippen LogP) is 2.39. The summed E-state index contributed by atoms with van der Waals surface area (Å²) in [6, 6.07) is 6.46. The molecular formula is C17H23N3O2. The van der Waals surface area contributed by atoms with Crippen molar-refractivity contribution in [1.82, 2.24) is 15.1 Å². The Morgan fingerprint density at radius 3 is 3.09 bits per heavy atom. The van der Waals surface area contributed by atoms with E-state index in [0.717, 1.165) is 36.6 Å². The first-order chi connectivity index (χ1) is 10.7. The molecule has 5 heteroatoms. The van der Waals surface area contributed by atoms with Crippen LogP contribution in [0.25, 0.3) is 0 Å². The number of benzene rings is 1. The van der Waals surface area contributed by atoms with Gasteiger partial charge in [-0.15, -0.1) is 0 Å². The van der Waals surface area contributed by atoms with Crippen LogP contribution in [-0.4, -0.2) is 29.0 Å². The minimum atomic E-state index is 0.252. The molecule has 0 spiro atoms. The number of hydrogen-bond acceptors (Lipinski definition) is 4. The van der Waals surface area contributed by atoms with Gasteiger partial charge in [0.1, 0.15) is 17.6 Å². The van der Waals surface area contributed by atoms with Gasteiger partial charge in [0, 0.05) is 42.5 Å². The normalized spacial score (nSPS) is 17.9. The van der Waals surface area contributed by atoms with Gasteiger partial charge in [0.2, 0.25) is 0 Å². The van der Waals surface area contributed by atoms with E-state index in [1.165, 1.54) is 5.56 Å². The lowest BCUT2D eigenvalue weighted by atomic mass is 10.1. The smallest absolute Gasteiger partial charge is 0.123 e. The summed E-state index contributed by atoms with van der Waals surface area (Å²) in [5, 5.41) is 7.75. The lowest BCUT2D eigenvalue weighted by Gasteiger charge is -2.16. The van der Waals surface area contributed by atoms with Crippen molar-refractivity contribution in [1.29, 1.82) is 0 Å². The molecule has 118 valence electrons. The van der Waals surface area contributed by atoms with Crippen LogP contribution in [-0.2, 0) is 19.5 Å². The van der Waals surface area contributed by atoms with Gasteiger partial charge in [-0.3, -0.25) is 4.68 Å². The molecule has 1 aromatic heterocycles. The molecule has 0 aliphatic carbocycles. The summed E-state index contributed by atoms with van der Waals surface area (Å²) < 4.78 is 13.3. The first-order valence-corrected chi connectivity index (χ1v) is 7.73. The second-order valence-electron chi connectivity index (χ2n) is 5.91. The number of nitrogens with zero attached hydrogens (tertiary/aromatic N) is 2. The zero-order valence-corrected chi connectivity index (χ0v) is 13.4. The number of methoxy groups -OCH3 is 1. The van der Waals surface area contributed by atoms with Crippen LogP contribution in [0.2, 0.25) is 0 Å². The van der Waals surface area contributed by atoms with Crippen molar-refractivity contribution >= 4 is 0 Å². The van der Waals surface area contributed by atoms with Crippen LogP contribution in [0.4, 0.5) is 0 Å². The molecule has 0 fully saturated rings. The maximum absolute atomic E-state index is 5.84. The molecular weight excluding hydrogens is 278 g/mol. The number of aromatic nitrogens is 2. The van der Waals surface area contributed by atoms with E-state index in [0.29, 0.717) is 6.04 Å². The van der Waals surface area contributed by atoms with Crippen LogP contribution in [0.15, 0.2) is 30.6 Å². The maximum atomic E-state index is 5.84. The van der Waals surface area contributed by atoms with Gasteiger partial charge in [0.25, 0.3) is 0 Å². The van der Waals surface area contributed by atoms with E-state index >= 15 is 0 Å². The minimum Gasteiger partial charge on any atom is -0.496 e. The van der Waals surface area contributed by atoms with Crippen LogP contribution < -0.4 is 14.8 Å². The van der Waals surface area contributed by atoms with Gasteiger partial charge in [0.15, 0.2) is 0 Å². The molecule has 2 atom stereocenters. The number of nitrogens with one attached hydrogen (secondary N) is 1. The fourth-order valence-corrected chi connectivity index (χ4v) is 2.85. The first-order valence-electron chi connectivity index (χ1n) is 7.73. The fraction of sp³-hybridized carbons (Fsp3) is 0.471. The van der Waals surface area contributed by atoms with Gasteiger partial charge in [0.05, 0.1) is 13.7 Å². The second kappa shape index (κ2) is 6.40. The minimum absolute atomic E-state index is 0.252. The summed E-state index contributed by atoms with van der Waals surface area (Å²) in [6.07, 6.45) is 4.98. The summed E-state index contributed by atoms with van der Waals surface area (Å²) >= 11 is 0. The molecule has 1 aliphatic heterocycles. The first kappa shape index (κ1) is 14.9. The highest BCUT2D eigenvalue weighted by Crippen LogP contribution is 2.34. The quantitative estimate of drug-likeness (QED) is 0.890. The van der Waals surface area contributed by atoms with Crippen molar-refractivity contribution in [2.24, 2.45) is 0 Å². The summed E-state index contributed by atoms with van der Waals surface area (Å²) in [7, 11) is 1.72. The highest BCUT2D eigenvalue weighted by atomic mass is 16.5. The molecule has 0 saturated heterocycles. The molecule has 2 aromatic rings. The maximum Gasteiger partial charge on any atom is 0.123 e. The lowest BCUT2D eigenvalue weighted by Crippen LogP contribution is -2.30. The summed E-state index contributed by atoms with van der Waals surface area (Å²) in [5.74, 6) is 1.92. The van der Waals surface area contributed by atoms with Crippen molar-refractivity contribution in [3.05, 3.63) is 41.7 Å². The standard InChI is InChI=1S/C17H23N3O2/c1-12(11-20-6-4-5-19-20)18-10-15-9-17-14(7-13(2)22-17)8-16(15)21-3/h4-6,8-9,12-13,18H,7,10-11H2,1-3H3/t12-,13+/m1/s1. The third-order valence-corrected chi connectivity index (χ3v) is 3.96. The van der Waals surface area contributed by atoms with E-state index in [9.17, 15) is 0 Å². The molecule has 2 heterocycles. The molecule has 3 rings (SSSR count). The Morgan fingerprint density at radius 1 is 1.50 bits per heavy atom. The van der Waals surface area contributed by atoms with E-state index in [-0.39, 0.29) is 6.10 Å². The van der Waals surface area contributed by atoms with Crippen molar-refractivity contribution in [3.63, 3.8) is 0 Å². The molecule has 0 radical (unpaired) electrons. The Bertz CT molecular complexity index is 625. The number of fused-ring (bicyclic) bond motifs is 1. The highest BCUT2D eigenvalue weighted by molar-refractivity contribution is 5.48. The molecule has 1 aromatic carbocycles. The van der Waals surface area contributed by atoms with Gasteiger partial charge >= 0.3 is 0 Å². The Hall–Kier alpha value is -2.01. The number of hydrogen-bond donors (Lipinski definition) is 1. The monoisotopic (exact) mass is 301 g/mol. The van der Waals surface area contributed by atoms with Gasteiger partial charge in [-0.1, -0.05) is 0 Å². The van der Waals surface area contributed by atoms with E-state index in [4.69, 9.17) is 9.47 Å². The molecule has 22 heavy (non-hydrogen) atoms. The van der Waals surface area contributed by atoms with Crippen molar-refractivity contribution in [2.75, 3.05) is 7.11 Å². The zero-order valence-electron chi connectivity index (χ0n) is 13.4. The number of ether oxygens (including phenoxy) is 2. The molecule has 5 nitrogen and oxygen atoms in total. The molecule has 0 bridgehead atoms. The topological polar surface area (TPSA) is 48.3 Å². The van der Waals surface area contributed by atoms with Gasteiger partial charge in [-0.05, 0) is 32.0 Å². The Kier molecular flexibility index (Phi) is 4.34. The predicted molar refractivity (Wildman–Crippen MR) is 85.3 cm³/mol. The average molecular weight is 301 g/mol. The van der Waals surface area contributed by atoms with Crippen molar-refractivity contribution in [2.45, 2.75) is 45.5 Å². The number of rotatable bonds is 6. The Balaban J connectivity index is 1.66. The molecule has 1 aliphatic rings. The Morgan fingerprint density at radius 2 is 2.36 bits per heavy atom. The third kappa shape index (κ3) is 3.25. The van der Waals surface area contributed by atoms with Crippen molar-refractivity contribution in [3.8, 4) is 11.5 Å². The third-order valence-electron chi connectivity index (χ3n) is 3.96. The van der Waals surface area contributed by atoms with Crippen LogP contribution in [0, 0.1) is 0 Å². The summed E-state index contributed by atoms with van der Waals surface area (Å²) in [5.41, 5.74) is 2.36. The van der Waals surface area contributed by atoms with E-state index < -0.39 is 0 Å². The van der Waals surface area contributed by atoms with E-state index in [1.54, 1.807) is 13.3 Å². The average Bonchev–Trinajstić information content (AvgIpc) is 3.11. The summed E-state index contributed by atoms with van der Waals surface area (Å²) in [4.78, 5) is 0. The Labute approximate surface area is 131 Å². The molecule has 0 saturated carbocycles. The SMILES string of the molecule is COc1cc2c(cc1CN[C@H](C)Cn1cccn1)O[C@@H](C)C2. The van der Waals surface area contributed by atoms with E-state index in [2.05, 4.69) is 36.4 Å². The van der Waals surface area contributed by atoms with Crippen molar-refractivity contribution < 1.29 is 9.47 Å². The second-order valence-corrected chi connectivity index (χ2v) is 5.91. The largest absolute Gasteiger partial charge is 0.496 e. The van der Waals surface area contributed by atoms with Crippen LogP contribution >= 0.6 is 0 Å². The summed E-state index contributed by atoms with van der Waals surface area (Å²) in [6.45, 7) is 5.83. The van der Waals surface area contributed by atoms with Gasteiger partial charge in [-0.2, -0.15) is 5.10 Å². The molecule has 0 amide bonds. The molecule has 0 unspecified atom stereocenters. The van der Waals surface area contributed by atoms with Gasteiger partial charge in [-0.25, -0.2) is 0 Å². The van der Waals surface area contributed by atoms with Crippen LogP contribution in [0.5, 0.6) is 11.5 Å². The van der Waals surface area contributed by atoms with Gasteiger partial charge < -0.3 is 14.8 Å². The molecule has 1 N–H and O–H groups in total. The zero-order chi connectivity index (χ0) is 15.5. The fourth-order valence-electron chi connectivity index (χ4n) is 2.85. The highest BCUT2D eigenvalue weighted by Gasteiger charge is 2.21. The van der Waals surface area contributed by atoms with Crippen LogP contribution in [0.3, 0.4) is 0 Å².